The number of aliphatic hydroxyl groups excluding tert-OH is 1. The van der Waals surface area contributed by atoms with E-state index >= 15 is 0 Å². The van der Waals surface area contributed by atoms with Crippen molar-refractivity contribution in [2.75, 3.05) is 0 Å². The van der Waals surface area contributed by atoms with Crippen LogP contribution in [0.2, 0.25) is 0 Å². The van der Waals surface area contributed by atoms with Gasteiger partial charge in [-0.15, -0.1) is 0 Å². The summed E-state index contributed by atoms with van der Waals surface area (Å²) in [5, 5.41) is 8.79. The molecule has 0 aromatic carbocycles. The molecule has 0 fully saturated rings. The summed E-state index contributed by atoms with van der Waals surface area (Å²) in [6, 6.07) is 3.77. The molecular weight excluding hydrogens is 166 g/mol. The van der Waals surface area contributed by atoms with E-state index < -0.39 is 0 Å². The molecule has 0 amide bonds. The number of H-pyrrole nitrogens is 1. The Morgan fingerprint density at radius 2 is 2.08 bits per heavy atom. The van der Waals surface area contributed by atoms with E-state index in [1.165, 1.54) is 0 Å². The molecule has 4 nitrogen and oxygen atoms in total. The van der Waals surface area contributed by atoms with Gasteiger partial charge in [0, 0.05) is 18.0 Å². The van der Waals surface area contributed by atoms with E-state index in [1.54, 1.807) is 18.6 Å². The SMILES string of the molecule is OCc1ncc(-c2ccncc2)[nH]1. The lowest BCUT2D eigenvalue weighted by Crippen LogP contribution is -1.84. The summed E-state index contributed by atoms with van der Waals surface area (Å²) in [5.74, 6) is 0.576. The third kappa shape index (κ3) is 1.57. The Hall–Kier alpha value is -1.68. The topological polar surface area (TPSA) is 61.8 Å². The Balaban J connectivity index is 2.36. The summed E-state index contributed by atoms with van der Waals surface area (Å²) in [6.07, 6.45) is 5.13. The molecule has 13 heavy (non-hydrogen) atoms. The fraction of sp³-hybridized carbons (Fsp3) is 0.111. The number of aromatic nitrogens is 3. The van der Waals surface area contributed by atoms with Crippen molar-refractivity contribution in [1.29, 1.82) is 0 Å². The van der Waals surface area contributed by atoms with Crippen molar-refractivity contribution in [3.63, 3.8) is 0 Å². The Labute approximate surface area is 75.3 Å². The lowest BCUT2D eigenvalue weighted by molar-refractivity contribution is 0.272. The van der Waals surface area contributed by atoms with Crippen LogP contribution in [0.25, 0.3) is 11.3 Å². The minimum absolute atomic E-state index is 0.0644. The molecule has 66 valence electrons. The second kappa shape index (κ2) is 3.37. The van der Waals surface area contributed by atoms with E-state index in [9.17, 15) is 0 Å². The smallest absolute Gasteiger partial charge is 0.132 e. The standard InChI is InChI=1S/C9H9N3O/c13-6-9-11-5-8(12-9)7-1-3-10-4-2-7/h1-5,13H,6H2,(H,11,12). The highest BCUT2D eigenvalue weighted by Crippen LogP contribution is 2.14. The summed E-state index contributed by atoms with van der Waals surface area (Å²) in [6.45, 7) is -0.0644. The minimum Gasteiger partial charge on any atom is -0.388 e. The maximum Gasteiger partial charge on any atom is 0.132 e. The Bertz CT molecular complexity index is 383. The van der Waals surface area contributed by atoms with Crippen molar-refractivity contribution >= 4 is 0 Å². The minimum atomic E-state index is -0.0644. The van der Waals surface area contributed by atoms with E-state index in [1.807, 2.05) is 12.1 Å². The first-order chi connectivity index (χ1) is 6.40. The van der Waals surface area contributed by atoms with Crippen LogP contribution in [0, 0.1) is 0 Å². The monoisotopic (exact) mass is 175 g/mol. The van der Waals surface area contributed by atoms with Crippen LogP contribution in [0.3, 0.4) is 0 Å². The van der Waals surface area contributed by atoms with Gasteiger partial charge in [0.25, 0.3) is 0 Å². The molecular formula is C9H9N3O. The zero-order valence-corrected chi connectivity index (χ0v) is 6.94. The summed E-state index contributed by atoms with van der Waals surface area (Å²) >= 11 is 0. The van der Waals surface area contributed by atoms with Crippen molar-refractivity contribution < 1.29 is 5.11 Å². The van der Waals surface area contributed by atoms with Crippen LogP contribution in [0.5, 0.6) is 0 Å². The average molecular weight is 175 g/mol. The number of hydrogen-bond acceptors (Lipinski definition) is 3. The average Bonchev–Trinajstić information content (AvgIpc) is 2.67. The van der Waals surface area contributed by atoms with Crippen molar-refractivity contribution in [2.45, 2.75) is 6.61 Å². The number of rotatable bonds is 2. The number of aliphatic hydroxyl groups is 1. The van der Waals surface area contributed by atoms with Crippen molar-refractivity contribution in [3.05, 3.63) is 36.5 Å². The van der Waals surface area contributed by atoms with Gasteiger partial charge < -0.3 is 10.1 Å². The molecule has 0 atom stereocenters. The molecule has 0 radical (unpaired) electrons. The predicted molar refractivity (Wildman–Crippen MR) is 47.7 cm³/mol. The van der Waals surface area contributed by atoms with Gasteiger partial charge >= 0.3 is 0 Å². The van der Waals surface area contributed by atoms with Crippen LogP contribution in [-0.2, 0) is 6.61 Å². The number of imidazole rings is 1. The molecule has 0 aliphatic rings. The van der Waals surface area contributed by atoms with Gasteiger partial charge in [0.05, 0.1) is 11.9 Å². The summed E-state index contributed by atoms with van der Waals surface area (Å²) < 4.78 is 0. The van der Waals surface area contributed by atoms with Crippen LogP contribution in [0.4, 0.5) is 0 Å². The third-order valence-electron chi connectivity index (χ3n) is 1.77. The van der Waals surface area contributed by atoms with Crippen LogP contribution >= 0.6 is 0 Å². The molecule has 0 saturated carbocycles. The molecule has 0 aliphatic carbocycles. The van der Waals surface area contributed by atoms with Crippen LogP contribution in [0.1, 0.15) is 5.82 Å². The summed E-state index contributed by atoms with van der Waals surface area (Å²) in [4.78, 5) is 10.9. The third-order valence-corrected chi connectivity index (χ3v) is 1.77. The molecule has 0 aliphatic heterocycles. The lowest BCUT2D eigenvalue weighted by Gasteiger charge is -1.94. The first-order valence-electron chi connectivity index (χ1n) is 3.95. The van der Waals surface area contributed by atoms with Crippen LogP contribution in [0.15, 0.2) is 30.7 Å². The number of nitrogens with zero attached hydrogens (tertiary/aromatic N) is 2. The van der Waals surface area contributed by atoms with E-state index in [0.29, 0.717) is 5.82 Å². The number of nitrogens with one attached hydrogen (secondary N) is 1. The number of aromatic amines is 1. The van der Waals surface area contributed by atoms with Crippen molar-refractivity contribution in [2.24, 2.45) is 0 Å². The first kappa shape index (κ1) is 7.94. The van der Waals surface area contributed by atoms with Gasteiger partial charge in [-0.05, 0) is 12.1 Å². The zero-order valence-electron chi connectivity index (χ0n) is 6.94. The molecule has 0 bridgehead atoms. The molecule has 2 rings (SSSR count). The highest BCUT2D eigenvalue weighted by atomic mass is 16.3. The Kier molecular flexibility index (Phi) is 2.06. The van der Waals surface area contributed by atoms with Gasteiger partial charge in [-0.1, -0.05) is 0 Å². The maximum absolute atomic E-state index is 8.79. The predicted octanol–water partition coefficient (Wildman–Crippen LogP) is 0.964. The molecule has 0 saturated heterocycles. The van der Waals surface area contributed by atoms with Gasteiger partial charge in [0.2, 0.25) is 0 Å². The second-order valence-corrected chi connectivity index (χ2v) is 2.64. The second-order valence-electron chi connectivity index (χ2n) is 2.64. The molecule has 2 aromatic rings. The van der Waals surface area contributed by atoms with Crippen LogP contribution in [-0.4, -0.2) is 20.1 Å². The van der Waals surface area contributed by atoms with E-state index in [0.717, 1.165) is 11.3 Å². The quantitative estimate of drug-likeness (QED) is 0.714. The molecule has 0 unspecified atom stereocenters. The lowest BCUT2D eigenvalue weighted by atomic mass is 10.2. The highest BCUT2D eigenvalue weighted by molar-refractivity contribution is 5.57. The largest absolute Gasteiger partial charge is 0.388 e. The van der Waals surface area contributed by atoms with Gasteiger partial charge in [-0.25, -0.2) is 4.98 Å². The molecule has 2 aromatic heterocycles. The van der Waals surface area contributed by atoms with Crippen molar-refractivity contribution in [1.82, 2.24) is 15.0 Å². The molecule has 2 heterocycles. The Morgan fingerprint density at radius 1 is 1.31 bits per heavy atom. The number of hydrogen-bond donors (Lipinski definition) is 2. The molecule has 4 heteroatoms. The van der Waals surface area contributed by atoms with E-state index in [4.69, 9.17) is 5.11 Å². The first-order valence-corrected chi connectivity index (χ1v) is 3.95. The Morgan fingerprint density at radius 3 is 2.69 bits per heavy atom. The van der Waals surface area contributed by atoms with Gasteiger partial charge in [-0.3, -0.25) is 4.98 Å². The number of pyridine rings is 1. The van der Waals surface area contributed by atoms with E-state index in [-0.39, 0.29) is 6.61 Å². The van der Waals surface area contributed by atoms with Crippen molar-refractivity contribution in [3.8, 4) is 11.3 Å². The maximum atomic E-state index is 8.79. The summed E-state index contributed by atoms with van der Waals surface area (Å²) in [5.41, 5.74) is 1.91. The van der Waals surface area contributed by atoms with Gasteiger partial charge in [0.1, 0.15) is 12.4 Å². The van der Waals surface area contributed by atoms with Gasteiger partial charge in [-0.2, -0.15) is 0 Å². The normalized spacial score (nSPS) is 10.2. The fourth-order valence-corrected chi connectivity index (χ4v) is 1.12. The fourth-order valence-electron chi connectivity index (χ4n) is 1.12. The molecule has 2 N–H and O–H groups in total. The van der Waals surface area contributed by atoms with Gasteiger partial charge in [0.15, 0.2) is 0 Å². The zero-order chi connectivity index (χ0) is 9.10. The van der Waals surface area contributed by atoms with Crippen LogP contribution < -0.4 is 0 Å². The molecule has 0 spiro atoms. The highest BCUT2D eigenvalue weighted by Gasteiger charge is 2.00. The van der Waals surface area contributed by atoms with E-state index in [2.05, 4.69) is 15.0 Å². The summed E-state index contributed by atoms with van der Waals surface area (Å²) in [7, 11) is 0.